The van der Waals surface area contributed by atoms with Crippen molar-refractivity contribution >= 4 is 27.5 Å². The predicted octanol–water partition coefficient (Wildman–Crippen LogP) is 4.35. The van der Waals surface area contributed by atoms with Gasteiger partial charge in [0, 0.05) is 18.7 Å². The van der Waals surface area contributed by atoms with Gasteiger partial charge in [-0.05, 0) is 41.5 Å². The molecule has 0 radical (unpaired) electrons. The maximum Gasteiger partial charge on any atom is 0.387 e. The lowest BCUT2D eigenvalue weighted by molar-refractivity contribution is -0.0498. The highest BCUT2D eigenvalue weighted by Gasteiger charge is 2.20. The van der Waals surface area contributed by atoms with Gasteiger partial charge in [0.15, 0.2) is 0 Å². The molecule has 0 aliphatic carbocycles. The number of carbonyl (C=O) groups excluding carboxylic acids is 1. The Bertz CT molecular complexity index is 1170. The second kappa shape index (κ2) is 10.5. The molecule has 10 heteroatoms. The van der Waals surface area contributed by atoms with Crippen molar-refractivity contribution in [2.45, 2.75) is 24.6 Å². The molecule has 0 saturated heterocycles. The number of amides is 1. The fourth-order valence-corrected chi connectivity index (χ4v) is 4.32. The molecule has 0 unspecified atom stereocenters. The molecule has 0 aromatic heterocycles. The Balaban J connectivity index is 1.66. The van der Waals surface area contributed by atoms with Crippen molar-refractivity contribution in [3.63, 3.8) is 0 Å². The number of alkyl halides is 2. The van der Waals surface area contributed by atoms with Crippen LogP contribution in [-0.2, 0) is 23.1 Å². The number of rotatable bonds is 9. The Kier molecular flexibility index (Phi) is 7.79. The van der Waals surface area contributed by atoms with Crippen molar-refractivity contribution in [1.82, 2.24) is 10.0 Å². The summed E-state index contributed by atoms with van der Waals surface area (Å²) < 4.78 is 56.5. The molecule has 6 nitrogen and oxygen atoms in total. The van der Waals surface area contributed by atoms with Gasteiger partial charge in [0.25, 0.3) is 5.91 Å². The molecule has 0 heterocycles. The van der Waals surface area contributed by atoms with Gasteiger partial charge in [0.1, 0.15) is 10.6 Å². The van der Waals surface area contributed by atoms with Gasteiger partial charge in [0.05, 0.1) is 5.02 Å². The first-order valence-electron chi connectivity index (χ1n) is 9.40. The third kappa shape index (κ3) is 6.49. The lowest BCUT2D eigenvalue weighted by atomic mass is 10.2. The van der Waals surface area contributed by atoms with E-state index in [9.17, 15) is 22.0 Å². The molecule has 0 atom stereocenters. The summed E-state index contributed by atoms with van der Waals surface area (Å²) in [5.74, 6) is -0.514. The quantitative estimate of drug-likeness (QED) is 0.477. The maximum absolute atomic E-state index is 12.7. The van der Waals surface area contributed by atoms with Crippen LogP contribution in [0.4, 0.5) is 8.78 Å². The van der Waals surface area contributed by atoms with Gasteiger partial charge in [-0.2, -0.15) is 8.78 Å². The van der Waals surface area contributed by atoms with E-state index >= 15 is 0 Å². The van der Waals surface area contributed by atoms with Crippen LogP contribution >= 0.6 is 11.6 Å². The van der Waals surface area contributed by atoms with Crippen molar-refractivity contribution in [3.8, 4) is 5.75 Å². The summed E-state index contributed by atoms with van der Waals surface area (Å²) >= 11 is 6.07. The number of sulfonamides is 1. The minimum absolute atomic E-state index is 0.00521. The van der Waals surface area contributed by atoms with E-state index in [2.05, 4.69) is 14.8 Å². The van der Waals surface area contributed by atoms with E-state index < -0.39 is 22.5 Å². The number of ether oxygens (including phenoxy) is 1. The molecule has 3 rings (SSSR count). The van der Waals surface area contributed by atoms with Crippen molar-refractivity contribution in [3.05, 3.63) is 94.5 Å². The van der Waals surface area contributed by atoms with Crippen LogP contribution < -0.4 is 14.8 Å². The third-order valence-electron chi connectivity index (χ3n) is 4.39. The lowest BCUT2D eigenvalue weighted by Gasteiger charge is -2.11. The minimum Gasteiger partial charge on any atom is -0.435 e. The molecule has 3 aromatic rings. The van der Waals surface area contributed by atoms with Gasteiger partial charge >= 0.3 is 6.61 Å². The highest BCUT2D eigenvalue weighted by atomic mass is 35.5. The molecule has 0 aliphatic rings. The van der Waals surface area contributed by atoms with Crippen LogP contribution in [0.25, 0.3) is 0 Å². The second-order valence-corrected chi connectivity index (χ2v) is 8.80. The first kappa shape index (κ1) is 23.6. The van der Waals surface area contributed by atoms with Crippen LogP contribution in [0.3, 0.4) is 0 Å². The molecule has 3 aromatic carbocycles. The van der Waals surface area contributed by atoms with Gasteiger partial charge in [-0.3, -0.25) is 4.79 Å². The number of hydrogen-bond acceptors (Lipinski definition) is 4. The summed E-state index contributed by atoms with van der Waals surface area (Å²) in [5, 5.41) is 2.63. The third-order valence-corrected chi connectivity index (χ3v) is 6.28. The summed E-state index contributed by atoms with van der Waals surface area (Å²) in [6.45, 7) is -2.75. The average Bonchev–Trinajstić information content (AvgIpc) is 2.77. The molecule has 168 valence electrons. The molecular formula is C22H19ClF2N2O4S. The van der Waals surface area contributed by atoms with Gasteiger partial charge in [-0.25, -0.2) is 13.1 Å². The van der Waals surface area contributed by atoms with Crippen molar-refractivity contribution in [1.29, 1.82) is 0 Å². The fourth-order valence-electron chi connectivity index (χ4n) is 2.78. The molecule has 0 aliphatic heterocycles. The fraction of sp³-hybridized carbons (Fsp3) is 0.136. The van der Waals surface area contributed by atoms with Gasteiger partial charge in [-0.15, -0.1) is 0 Å². The first-order valence-corrected chi connectivity index (χ1v) is 11.3. The zero-order valence-electron chi connectivity index (χ0n) is 16.6. The zero-order valence-corrected chi connectivity index (χ0v) is 18.2. The lowest BCUT2D eigenvalue weighted by Crippen LogP contribution is -2.25. The molecule has 1 amide bonds. The molecule has 0 saturated carbocycles. The van der Waals surface area contributed by atoms with Crippen LogP contribution in [0.1, 0.15) is 21.5 Å². The number of carbonyl (C=O) groups is 1. The largest absolute Gasteiger partial charge is 0.435 e. The maximum atomic E-state index is 12.7. The number of halogens is 3. The normalized spacial score (nSPS) is 11.4. The van der Waals surface area contributed by atoms with Crippen LogP contribution in [0, 0.1) is 0 Å². The monoisotopic (exact) mass is 480 g/mol. The highest BCUT2D eigenvalue weighted by molar-refractivity contribution is 7.89. The molecule has 0 bridgehead atoms. The van der Waals surface area contributed by atoms with E-state index in [0.717, 1.165) is 5.56 Å². The number of hydrogen-bond donors (Lipinski definition) is 2. The molecule has 0 spiro atoms. The average molecular weight is 481 g/mol. The van der Waals surface area contributed by atoms with E-state index in [0.29, 0.717) is 5.56 Å². The highest BCUT2D eigenvalue weighted by Crippen LogP contribution is 2.23. The van der Waals surface area contributed by atoms with Crippen LogP contribution in [-0.4, -0.2) is 20.9 Å². The summed E-state index contributed by atoms with van der Waals surface area (Å²) in [6, 6.07) is 18.7. The first-order chi connectivity index (χ1) is 15.2. The Morgan fingerprint density at radius 2 is 1.59 bits per heavy atom. The minimum atomic E-state index is -3.96. The SMILES string of the molecule is O=C(NCc1ccc(OC(F)F)cc1)c1ccc(Cl)c(S(=O)(=O)NCc2ccccc2)c1. The second-order valence-electron chi connectivity index (χ2n) is 6.66. The van der Waals surface area contributed by atoms with Gasteiger partial charge < -0.3 is 10.1 Å². The molecule has 0 fully saturated rings. The number of benzene rings is 3. The topological polar surface area (TPSA) is 84.5 Å². The smallest absolute Gasteiger partial charge is 0.387 e. The Morgan fingerprint density at radius 3 is 2.25 bits per heavy atom. The zero-order chi connectivity index (χ0) is 23.1. The molecular weight excluding hydrogens is 462 g/mol. The Hall–Kier alpha value is -3.01. The van der Waals surface area contributed by atoms with E-state index in [1.54, 1.807) is 24.3 Å². The summed E-state index contributed by atoms with van der Waals surface area (Å²) in [5.41, 5.74) is 1.52. The van der Waals surface area contributed by atoms with Gasteiger partial charge in [0.2, 0.25) is 10.0 Å². The van der Waals surface area contributed by atoms with Gasteiger partial charge in [-0.1, -0.05) is 54.1 Å². The Labute approximate surface area is 189 Å². The van der Waals surface area contributed by atoms with Crippen molar-refractivity contribution in [2.75, 3.05) is 0 Å². The van der Waals surface area contributed by atoms with Crippen molar-refractivity contribution in [2.24, 2.45) is 0 Å². The number of nitrogens with one attached hydrogen (secondary N) is 2. The van der Waals surface area contributed by atoms with E-state index in [1.807, 2.05) is 6.07 Å². The predicted molar refractivity (Wildman–Crippen MR) is 116 cm³/mol. The molecule has 32 heavy (non-hydrogen) atoms. The Morgan fingerprint density at radius 1 is 0.938 bits per heavy atom. The summed E-state index contributed by atoms with van der Waals surface area (Å²) in [4.78, 5) is 12.3. The summed E-state index contributed by atoms with van der Waals surface area (Å²) in [6.07, 6.45) is 0. The molecule has 2 N–H and O–H groups in total. The van der Waals surface area contributed by atoms with Crippen LogP contribution in [0.5, 0.6) is 5.75 Å². The van der Waals surface area contributed by atoms with Crippen molar-refractivity contribution < 1.29 is 26.7 Å². The van der Waals surface area contributed by atoms with E-state index in [-0.39, 0.29) is 34.3 Å². The standard InChI is InChI=1S/C22H19ClF2N2O4S/c23-19-11-8-17(12-20(19)32(29,30)27-14-15-4-2-1-3-5-15)21(28)26-13-16-6-9-18(10-7-16)31-22(24)25/h1-12,22,27H,13-14H2,(H,26,28). The van der Waals surface area contributed by atoms with E-state index in [4.69, 9.17) is 11.6 Å². The van der Waals surface area contributed by atoms with Crippen LogP contribution in [0.15, 0.2) is 77.7 Å². The van der Waals surface area contributed by atoms with Crippen LogP contribution in [0.2, 0.25) is 5.02 Å². The van der Waals surface area contributed by atoms with E-state index in [1.165, 1.54) is 42.5 Å². The summed E-state index contributed by atoms with van der Waals surface area (Å²) in [7, 11) is -3.96.